The van der Waals surface area contributed by atoms with Crippen LogP contribution in [0.4, 0.5) is 17.5 Å². The van der Waals surface area contributed by atoms with E-state index in [0.717, 1.165) is 104 Å². The topological polar surface area (TPSA) is 105 Å². The van der Waals surface area contributed by atoms with Crippen molar-refractivity contribution in [2.75, 3.05) is 69.4 Å². The zero-order valence-corrected chi connectivity index (χ0v) is 25.8. The molecule has 5 heterocycles. The molecule has 3 fully saturated rings. The molecule has 4 aromatic rings. The maximum Gasteiger partial charge on any atom is 0.228 e. The normalized spacial score (nSPS) is 19.2. The molecule has 45 heavy (non-hydrogen) atoms. The summed E-state index contributed by atoms with van der Waals surface area (Å²) in [6.45, 7) is 7.45. The molecule has 0 bridgehead atoms. The number of morpholine rings is 2. The van der Waals surface area contributed by atoms with Crippen LogP contribution in [-0.4, -0.2) is 95.2 Å². The van der Waals surface area contributed by atoms with Crippen LogP contribution in [-0.2, 0) is 22.9 Å². The largest absolute Gasteiger partial charge is 0.379 e. The van der Waals surface area contributed by atoms with Crippen molar-refractivity contribution < 1.29 is 9.47 Å². The fourth-order valence-electron chi connectivity index (χ4n) is 6.38. The maximum absolute atomic E-state index is 5.61. The third-order valence-electron chi connectivity index (χ3n) is 9.19. The third-order valence-corrected chi connectivity index (χ3v) is 9.19. The number of nitrogens with one attached hydrogen (secondary N) is 1. The Balaban J connectivity index is 1.05. The van der Waals surface area contributed by atoms with Gasteiger partial charge in [0.15, 0.2) is 0 Å². The minimum atomic E-state index is 0.654. The molecule has 2 saturated heterocycles. The Labute approximate surface area is 263 Å². The monoisotopic (exact) mass is 605 g/mol. The summed E-state index contributed by atoms with van der Waals surface area (Å²) in [6.07, 6.45) is 4.29. The lowest BCUT2D eigenvalue weighted by atomic mass is 10.0. The Morgan fingerprint density at radius 2 is 1.60 bits per heavy atom. The second-order valence-electron chi connectivity index (χ2n) is 12.3. The van der Waals surface area contributed by atoms with Gasteiger partial charge in [-0.3, -0.25) is 9.58 Å². The fraction of sp³-hybridized carbons (Fsp3) is 0.441. The summed E-state index contributed by atoms with van der Waals surface area (Å²) >= 11 is 0. The van der Waals surface area contributed by atoms with Crippen LogP contribution >= 0.6 is 0 Å². The highest BCUT2D eigenvalue weighted by molar-refractivity contribution is 6.16. The molecule has 11 nitrogen and oxygen atoms in total. The second-order valence-corrected chi connectivity index (χ2v) is 12.3. The van der Waals surface area contributed by atoms with E-state index in [1.54, 1.807) is 0 Å². The highest BCUT2D eigenvalue weighted by Crippen LogP contribution is 2.34. The van der Waals surface area contributed by atoms with Gasteiger partial charge in [0.25, 0.3) is 0 Å². The van der Waals surface area contributed by atoms with Crippen LogP contribution in [0.15, 0.2) is 58.7 Å². The number of nitrogens with zero attached hydrogens (tertiary/aromatic N) is 8. The summed E-state index contributed by atoms with van der Waals surface area (Å²) in [5.74, 6) is 2.11. The molecule has 8 rings (SSSR count). The summed E-state index contributed by atoms with van der Waals surface area (Å²) in [5, 5.41) is 18.5. The first-order chi connectivity index (χ1) is 22.2. The Hall–Kier alpha value is -4.19. The van der Waals surface area contributed by atoms with Gasteiger partial charge in [-0.2, -0.15) is 20.3 Å². The molecule has 3 aliphatic heterocycles. The number of hydrogen-bond donors (Lipinski definition) is 1. The predicted octanol–water partition coefficient (Wildman–Crippen LogP) is 4.44. The van der Waals surface area contributed by atoms with E-state index >= 15 is 0 Å². The van der Waals surface area contributed by atoms with Gasteiger partial charge in [0.2, 0.25) is 5.95 Å². The third kappa shape index (κ3) is 6.20. The molecule has 0 spiro atoms. The number of fused-ring (bicyclic) bond motifs is 1. The van der Waals surface area contributed by atoms with Crippen molar-refractivity contribution in [3.8, 4) is 11.3 Å². The standard InChI is InChI=1S/C34H39N9O2/c1-41-32-20-25(6-9-27(32)28(40-41)10-11-42-12-16-44-17-13-42)29-22-33(37-34(36-29)43-14-18-45-19-15-43)35-26-7-4-24(5-8-26)31-21-30(38-39-31)23-2-3-23/h4-9,20,22-23H,2-3,10-19,21H2,1H3,(H,35,36,37). The van der Waals surface area contributed by atoms with Crippen molar-refractivity contribution in [1.29, 1.82) is 0 Å². The Morgan fingerprint density at radius 3 is 2.38 bits per heavy atom. The van der Waals surface area contributed by atoms with Crippen LogP contribution in [0.1, 0.15) is 30.5 Å². The van der Waals surface area contributed by atoms with E-state index in [9.17, 15) is 0 Å². The Bertz CT molecular complexity index is 1750. The SMILES string of the molecule is Cn1nc(CCN2CCOCC2)c2ccc(-c3cc(Nc4ccc(C5=NN=C(C6CC6)C5)cc4)nc(N4CCOCC4)n3)cc21. The summed E-state index contributed by atoms with van der Waals surface area (Å²) < 4.78 is 13.1. The first-order valence-electron chi connectivity index (χ1n) is 16.1. The maximum atomic E-state index is 5.61. The summed E-state index contributed by atoms with van der Waals surface area (Å²) in [4.78, 5) is 14.6. The van der Waals surface area contributed by atoms with Gasteiger partial charge in [0, 0.05) is 81.0 Å². The Kier molecular flexibility index (Phi) is 7.74. The van der Waals surface area contributed by atoms with E-state index in [1.807, 2.05) is 17.8 Å². The van der Waals surface area contributed by atoms with Gasteiger partial charge < -0.3 is 19.7 Å². The lowest BCUT2D eigenvalue weighted by Gasteiger charge is -2.27. The first kappa shape index (κ1) is 28.3. The number of rotatable bonds is 9. The highest BCUT2D eigenvalue weighted by atomic mass is 16.5. The van der Waals surface area contributed by atoms with Gasteiger partial charge in [0.1, 0.15) is 5.82 Å². The molecule has 2 aromatic carbocycles. The van der Waals surface area contributed by atoms with Crippen molar-refractivity contribution in [2.24, 2.45) is 23.2 Å². The number of aromatic nitrogens is 4. The number of anilines is 3. The van der Waals surface area contributed by atoms with Crippen LogP contribution in [0.3, 0.4) is 0 Å². The van der Waals surface area contributed by atoms with Crippen molar-refractivity contribution >= 4 is 39.8 Å². The van der Waals surface area contributed by atoms with E-state index in [0.29, 0.717) is 25.1 Å². The Morgan fingerprint density at radius 1 is 0.844 bits per heavy atom. The molecule has 4 aliphatic rings. The van der Waals surface area contributed by atoms with Crippen LogP contribution in [0, 0.1) is 5.92 Å². The quantitative estimate of drug-likeness (QED) is 0.299. The average Bonchev–Trinajstić information content (AvgIpc) is 3.74. The van der Waals surface area contributed by atoms with Gasteiger partial charge in [-0.25, -0.2) is 4.98 Å². The zero-order valence-electron chi connectivity index (χ0n) is 25.8. The molecule has 0 unspecified atom stereocenters. The van der Waals surface area contributed by atoms with E-state index in [1.165, 1.54) is 23.9 Å². The van der Waals surface area contributed by atoms with Crippen molar-refractivity contribution in [2.45, 2.75) is 25.7 Å². The summed E-state index contributed by atoms with van der Waals surface area (Å²) in [6, 6.07) is 17.0. The van der Waals surface area contributed by atoms with E-state index < -0.39 is 0 Å². The average molecular weight is 606 g/mol. The lowest BCUT2D eigenvalue weighted by molar-refractivity contribution is 0.0383. The molecule has 0 radical (unpaired) electrons. The summed E-state index contributed by atoms with van der Waals surface area (Å²) in [7, 11) is 2.02. The van der Waals surface area contributed by atoms with Gasteiger partial charge in [0.05, 0.1) is 49.0 Å². The molecular formula is C34H39N9O2. The van der Waals surface area contributed by atoms with Crippen LogP contribution < -0.4 is 10.2 Å². The predicted molar refractivity (Wildman–Crippen MR) is 177 cm³/mol. The van der Waals surface area contributed by atoms with Gasteiger partial charge >= 0.3 is 0 Å². The number of hydrogen-bond acceptors (Lipinski definition) is 10. The molecule has 0 atom stereocenters. The molecular weight excluding hydrogens is 566 g/mol. The molecule has 0 amide bonds. The van der Waals surface area contributed by atoms with Crippen LogP contribution in [0.2, 0.25) is 0 Å². The molecule has 1 saturated carbocycles. The molecule has 11 heteroatoms. The minimum Gasteiger partial charge on any atom is -0.379 e. The van der Waals surface area contributed by atoms with Gasteiger partial charge in [-0.15, -0.1) is 0 Å². The molecule has 232 valence electrons. The van der Waals surface area contributed by atoms with Crippen molar-refractivity contribution in [3.05, 3.63) is 59.8 Å². The van der Waals surface area contributed by atoms with Crippen molar-refractivity contribution in [1.82, 2.24) is 24.6 Å². The minimum absolute atomic E-state index is 0.654. The van der Waals surface area contributed by atoms with Crippen LogP contribution in [0.25, 0.3) is 22.2 Å². The highest BCUT2D eigenvalue weighted by Gasteiger charge is 2.31. The molecule has 2 aromatic heterocycles. The molecule has 1 aliphatic carbocycles. The first-order valence-corrected chi connectivity index (χ1v) is 16.1. The molecule has 1 N–H and O–H groups in total. The number of aryl methyl sites for hydroxylation is 1. The summed E-state index contributed by atoms with van der Waals surface area (Å²) in [5.41, 5.74) is 8.51. The second kappa shape index (κ2) is 12.3. The van der Waals surface area contributed by atoms with Gasteiger partial charge in [-0.05, 0) is 42.5 Å². The number of ether oxygens (including phenoxy) is 2. The van der Waals surface area contributed by atoms with Crippen LogP contribution in [0.5, 0.6) is 0 Å². The fourth-order valence-corrected chi connectivity index (χ4v) is 6.38. The van der Waals surface area contributed by atoms with Crippen molar-refractivity contribution in [3.63, 3.8) is 0 Å². The zero-order chi connectivity index (χ0) is 30.2. The van der Waals surface area contributed by atoms with Gasteiger partial charge in [-0.1, -0.05) is 24.3 Å². The number of benzene rings is 2. The van der Waals surface area contributed by atoms with E-state index in [4.69, 9.17) is 24.5 Å². The van der Waals surface area contributed by atoms with E-state index in [2.05, 4.69) is 67.8 Å². The smallest absolute Gasteiger partial charge is 0.228 e. The van der Waals surface area contributed by atoms with E-state index in [-0.39, 0.29) is 0 Å². The lowest BCUT2D eigenvalue weighted by Crippen LogP contribution is -2.37.